The molecule has 9 nitrogen and oxygen atoms in total. The number of carbonyl (C=O) groups excluding carboxylic acids is 2. The van der Waals surface area contributed by atoms with Crippen molar-refractivity contribution in [2.45, 2.75) is 213 Å². The normalized spacial score (nSPS) is 13.5. The van der Waals surface area contributed by atoms with Gasteiger partial charge in [-0.2, -0.15) is 0 Å². The quantitative estimate of drug-likeness (QED) is 0.0269. The van der Waals surface area contributed by atoms with Crippen molar-refractivity contribution in [3.8, 4) is 0 Å². The largest absolute Gasteiger partial charge is 0.472 e. The average molecular weight is 772 g/mol. The molecular weight excluding hydrogens is 689 g/mol. The smallest absolute Gasteiger partial charge is 0.462 e. The van der Waals surface area contributed by atoms with E-state index in [1.807, 2.05) is 0 Å². The van der Waals surface area contributed by atoms with Gasteiger partial charge in [0, 0.05) is 19.4 Å². The molecule has 3 N–H and O–H groups in total. The molecule has 0 aromatic rings. The predicted octanol–water partition coefficient (Wildman–Crippen LogP) is 12.4. The molecular formula is C43H82NO8P. The Morgan fingerprint density at radius 3 is 1.36 bits per heavy atom. The summed E-state index contributed by atoms with van der Waals surface area (Å²) < 4.78 is 32.7. The van der Waals surface area contributed by atoms with E-state index in [1.54, 1.807) is 0 Å². The summed E-state index contributed by atoms with van der Waals surface area (Å²) in [5.41, 5.74) is 5.34. The molecule has 0 amide bonds. The van der Waals surface area contributed by atoms with Crippen molar-refractivity contribution in [2.75, 3.05) is 26.4 Å². The van der Waals surface area contributed by atoms with Crippen LogP contribution in [0.25, 0.3) is 0 Å². The fraction of sp³-hybridized carbons (Fsp3) is 0.860. The zero-order valence-corrected chi connectivity index (χ0v) is 35.2. The topological polar surface area (TPSA) is 134 Å². The van der Waals surface area contributed by atoms with Crippen molar-refractivity contribution < 1.29 is 37.6 Å². The van der Waals surface area contributed by atoms with Gasteiger partial charge >= 0.3 is 19.8 Å². The van der Waals surface area contributed by atoms with Crippen LogP contribution in [-0.2, 0) is 32.7 Å². The van der Waals surface area contributed by atoms with Gasteiger partial charge < -0.3 is 20.1 Å². The highest BCUT2D eigenvalue weighted by Gasteiger charge is 2.26. The minimum Gasteiger partial charge on any atom is -0.462 e. The Kier molecular flexibility index (Phi) is 39.0. The number of unbranched alkanes of at least 4 members (excludes halogenated alkanes) is 24. The molecule has 0 aliphatic carbocycles. The molecule has 312 valence electrons. The van der Waals surface area contributed by atoms with E-state index in [1.165, 1.54) is 122 Å². The molecule has 0 fully saturated rings. The van der Waals surface area contributed by atoms with E-state index in [-0.39, 0.29) is 38.6 Å². The van der Waals surface area contributed by atoms with Gasteiger partial charge in [0.2, 0.25) is 0 Å². The van der Waals surface area contributed by atoms with E-state index < -0.39 is 26.5 Å². The molecule has 10 heteroatoms. The molecule has 2 atom stereocenters. The number of ether oxygens (including phenoxy) is 2. The number of hydrogen-bond acceptors (Lipinski definition) is 8. The van der Waals surface area contributed by atoms with Gasteiger partial charge in [-0.1, -0.05) is 154 Å². The van der Waals surface area contributed by atoms with E-state index in [0.717, 1.165) is 51.4 Å². The van der Waals surface area contributed by atoms with E-state index in [9.17, 15) is 19.0 Å². The lowest BCUT2D eigenvalue weighted by atomic mass is 10.1. The highest BCUT2D eigenvalue weighted by molar-refractivity contribution is 7.47. The van der Waals surface area contributed by atoms with E-state index in [0.29, 0.717) is 6.42 Å². The van der Waals surface area contributed by atoms with Gasteiger partial charge in [0.05, 0.1) is 13.2 Å². The summed E-state index contributed by atoms with van der Waals surface area (Å²) in [6.45, 7) is 3.71. The molecule has 0 saturated carbocycles. The lowest BCUT2D eigenvalue weighted by molar-refractivity contribution is -0.161. The van der Waals surface area contributed by atoms with Gasteiger partial charge in [0.15, 0.2) is 6.10 Å². The molecule has 53 heavy (non-hydrogen) atoms. The number of allylic oxidation sites excluding steroid dienone is 4. The lowest BCUT2D eigenvalue weighted by Crippen LogP contribution is -2.29. The zero-order chi connectivity index (χ0) is 38.9. The van der Waals surface area contributed by atoms with E-state index >= 15 is 0 Å². The van der Waals surface area contributed by atoms with Crippen molar-refractivity contribution in [3.05, 3.63) is 24.3 Å². The van der Waals surface area contributed by atoms with E-state index in [4.69, 9.17) is 24.3 Å². The fourth-order valence-electron chi connectivity index (χ4n) is 6.04. The predicted molar refractivity (Wildman–Crippen MR) is 220 cm³/mol. The second-order valence-corrected chi connectivity index (χ2v) is 16.0. The van der Waals surface area contributed by atoms with Crippen LogP contribution in [0.5, 0.6) is 0 Å². The number of nitrogens with two attached hydrogens (primary N) is 1. The maximum absolute atomic E-state index is 12.5. The molecule has 0 aliphatic rings. The Balaban J connectivity index is 4.11. The third-order valence-electron chi connectivity index (χ3n) is 9.31. The second kappa shape index (κ2) is 40.2. The van der Waals surface area contributed by atoms with Gasteiger partial charge in [-0.3, -0.25) is 18.6 Å². The minimum atomic E-state index is -4.37. The van der Waals surface area contributed by atoms with Crippen molar-refractivity contribution in [1.29, 1.82) is 0 Å². The molecule has 0 bridgehead atoms. The Labute approximate surface area is 325 Å². The van der Waals surface area contributed by atoms with Crippen LogP contribution >= 0.6 is 7.82 Å². The molecule has 2 unspecified atom stereocenters. The maximum atomic E-state index is 12.5. The molecule has 0 spiro atoms. The Morgan fingerprint density at radius 2 is 0.925 bits per heavy atom. The van der Waals surface area contributed by atoms with Crippen LogP contribution in [-0.4, -0.2) is 49.3 Å². The summed E-state index contributed by atoms with van der Waals surface area (Å²) in [6, 6.07) is 0. The first-order valence-electron chi connectivity index (χ1n) is 21.8. The maximum Gasteiger partial charge on any atom is 0.472 e. The zero-order valence-electron chi connectivity index (χ0n) is 34.3. The van der Waals surface area contributed by atoms with Crippen LogP contribution in [0.4, 0.5) is 0 Å². The number of carbonyl (C=O) groups is 2. The summed E-state index contributed by atoms with van der Waals surface area (Å²) in [7, 11) is -4.37. The summed E-state index contributed by atoms with van der Waals surface area (Å²) in [5.74, 6) is -0.836. The number of phosphoric ester groups is 1. The first-order chi connectivity index (χ1) is 25.8. The number of esters is 2. The standard InChI is InChI=1S/C43H82NO8P/c1-3-5-7-9-11-13-15-17-18-19-20-21-22-24-25-27-29-31-33-35-42(45)49-39-41(40-51-53(47,48)50-38-37-44)52-43(46)36-34-32-30-28-26-23-16-14-12-10-8-6-4-2/h14,16-18,41H,3-13,15,19-40,44H2,1-2H3,(H,47,48). The average Bonchev–Trinajstić information content (AvgIpc) is 3.14. The Hall–Kier alpha value is -1.51. The summed E-state index contributed by atoms with van der Waals surface area (Å²) >= 11 is 0. The molecule has 0 rings (SSSR count). The van der Waals surface area contributed by atoms with Crippen molar-refractivity contribution in [1.82, 2.24) is 0 Å². The van der Waals surface area contributed by atoms with Crippen LogP contribution in [0.2, 0.25) is 0 Å². The molecule has 0 saturated heterocycles. The van der Waals surface area contributed by atoms with E-state index in [2.05, 4.69) is 38.2 Å². The lowest BCUT2D eigenvalue weighted by Gasteiger charge is -2.19. The molecule has 0 heterocycles. The van der Waals surface area contributed by atoms with Crippen LogP contribution in [0.15, 0.2) is 24.3 Å². The van der Waals surface area contributed by atoms with Crippen molar-refractivity contribution >= 4 is 19.8 Å². The Bertz CT molecular complexity index is 928. The van der Waals surface area contributed by atoms with Gasteiger partial charge in [-0.25, -0.2) is 4.57 Å². The summed E-state index contributed by atoms with van der Waals surface area (Å²) in [6.07, 6.45) is 42.1. The van der Waals surface area contributed by atoms with Gasteiger partial charge in [0.1, 0.15) is 6.61 Å². The first kappa shape index (κ1) is 51.5. The van der Waals surface area contributed by atoms with Crippen LogP contribution in [0.3, 0.4) is 0 Å². The monoisotopic (exact) mass is 772 g/mol. The van der Waals surface area contributed by atoms with Crippen molar-refractivity contribution in [2.24, 2.45) is 5.73 Å². The highest BCUT2D eigenvalue weighted by Crippen LogP contribution is 2.43. The molecule has 0 aliphatic heterocycles. The van der Waals surface area contributed by atoms with Gasteiger partial charge in [0.25, 0.3) is 0 Å². The van der Waals surface area contributed by atoms with Gasteiger partial charge in [-0.05, 0) is 64.2 Å². The fourth-order valence-corrected chi connectivity index (χ4v) is 6.80. The highest BCUT2D eigenvalue weighted by atomic mass is 31.2. The number of hydrogen-bond donors (Lipinski definition) is 2. The minimum absolute atomic E-state index is 0.0528. The molecule has 0 radical (unpaired) electrons. The summed E-state index contributed by atoms with van der Waals surface area (Å²) in [4.78, 5) is 34.8. The number of rotatable bonds is 41. The third kappa shape index (κ3) is 40.0. The van der Waals surface area contributed by atoms with Crippen LogP contribution < -0.4 is 5.73 Å². The Morgan fingerprint density at radius 1 is 0.547 bits per heavy atom. The van der Waals surface area contributed by atoms with Gasteiger partial charge in [-0.15, -0.1) is 0 Å². The second-order valence-electron chi connectivity index (χ2n) is 14.6. The number of phosphoric acid groups is 1. The SMILES string of the molecule is CCCCCCC=CCCCCCCCC(=O)OC(COC(=O)CCCCCCCCCCCC=CCCCCCCCC)COP(=O)(O)OCCN. The molecule has 0 aromatic carbocycles. The van der Waals surface area contributed by atoms with Crippen LogP contribution in [0.1, 0.15) is 206 Å². The molecule has 0 aromatic heterocycles. The van der Waals surface area contributed by atoms with Crippen molar-refractivity contribution in [3.63, 3.8) is 0 Å². The summed E-state index contributed by atoms with van der Waals surface area (Å²) in [5, 5.41) is 0. The van der Waals surface area contributed by atoms with Crippen LogP contribution in [0, 0.1) is 0 Å². The third-order valence-corrected chi connectivity index (χ3v) is 10.3. The first-order valence-corrected chi connectivity index (χ1v) is 23.3.